The van der Waals surface area contributed by atoms with Crippen LogP contribution in [0.2, 0.25) is 0 Å². The van der Waals surface area contributed by atoms with Crippen molar-refractivity contribution in [2.45, 2.75) is 65.5 Å². The lowest BCUT2D eigenvalue weighted by Gasteiger charge is -2.25. The van der Waals surface area contributed by atoms with Gasteiger partial charge in [0.05, 0.1) is 6.61 Å². The highest BCUT2D eigenvalue weighted by molar-refractivity contribution is 4.73. The standard InChI is InChI=1S/C12H27NO/c1-5-10(4)8-11(6-2)13-12(7-3)9-14/h10-14H,5-9H2,1-4H3/t10-,11-,12+/m1/s1. The molecule has 0 saturated carbocycles. The van der Waals surface area contributed by atoms with E-state index in [-0.39, 0.29) is 12.6 Å². The van der Waals surface area contributed by atoms with Gasteiger partial charge >= 0.3 is 0 Å². The maximum atomic E-state index is 9.10. The highest BCUT2D eigenvalue weighted by Gasteiger charge is 2.13. The topological polar surface area (TPSA) is 32.3 Å². The highest BCUT2D eigenvalue weighted by Crippen LogP contribution is 2.12. The van der Waals surface area contributed by atoms with Crippen LogP contribution in [0.15, 0.2) is 0 Å². The van der Waals surface area contributed by atoms with Crippen LogP contribution in [-0.4, -0.2) is 23.8 Å². The first-order chi connectivity index (χ1) is 6.67. The van der Waals surface area contributed by atoms with Crippen molar-refractivity contribution in [2.24, 2.45) is 5.92 Å². The van der Waals surface area contributed by atoms with E-state index >= 15 is 0 Å². The first-order valence-corrected chi connectivity index (χ1v) is 6.04. The summed E-state index contributed by atoms with van der Waals surface area (Å²) in [6, 6.07) is 0.853. The minimum absolute atomic E-state index is 0.257. The lowest BCUT2D eigenvalue weighted by molar-refractivity contribution is 0.218. The summed E-state index contributed by atoms with van der Waals surface area (Å²) in [7, 11) is 0. The van der Waals surface area contributed by atoms with E-state index in [1.54, 1.807) is 0 Å². The molecule has 0 aliphatic carbocycles. The summed E-state index contributed by atoms with van der Waals surface area (Å²) in [5.41, 5.74) is 0. The van der Waals surface area contributed by atoms with E-state index in [9.17, 15) is 0 Å². The third-order valence-corrected chi connectivity index (χ3v) is 3.06. The molecule has 0 rings (SSSR count). The third-order valence-electron chi connectivity index (χ3n) is 3.06. The van der Waals surface area contributed by atoms with Crippen molar-refractivity contribution in [2.75, 3.05) is 6.61 Å². The fourth-order valence-corrected chi connectivity index (χ4v) is 1.64. The molecule has 0 spiro atoms. The Morgan fingerprint density at radius 3 is 1.93 bits per heavy atom. The van der Waals surface area contributed by atoms with Crippen molar-refractivity contribution < 1.29 is 5.11 Å². The van der Waals surface area contributed by atoms with Gasteiger partial charge in [-0.1, -0.05) is 34.1 Å². The molecule has 0 heterocycles. The number of aliphatic hydroxyl groups is 1. The van der Waals surface area contributed by atoms with Crippen LogP contribution in [0.1, 0.15) is 53.4 Å². The second kappa shape index (κ2) is 8.25. The summed E-state index contributed by atoms with van der Waals surface area (Å²) >= 11 is 0. The van der Waals surface area contributed by atoms with E-state index in [0.717, 1.165) is 18.8 Å². The quantitative estimate of drug-likeness (QED) is 0.632. The molecule has 0 radical (unpaired) electrons. The van der Waals surface area contributed by atoms with Crippen LogP contribution < -0.4 is 5.32 Å². The predicted molar refractivity (Wildman–Crippen MR) is 62.5 cm³/mol. The van der Waals surface area contributed by atoms with Crippen LogP contribution in [-0.2, 0) is 0 Å². The molecule has 0 saturated heterocycles. The van der Waals surface area contributed by atoms with Gasteiger partial charge in [-0.25, -0.2) is 0 Å². The van der Waals surface area contributed by atoms with E-state index < -0.39 is 0 Å². The van der Waals surface area contributed by atoms with Crippen molar-refractivity contribution in [3.63, 3.8) is 0 Å². The zero-order valence-electron chi connectivity index (χ0n) is 10.2. The third kappa shape index (κ3) is 5.61. The Labute approximate surface area is 89.1 Å². The molecule has 3 atom stereocenters. The predicted octanol–water partition coefficient (Wildman–Crippen LogP) is 2.56. The van der Waals surface area contributed by atoms with Gasteiger partial charge in [0.15, 0.2) is 0 Å². The van der Waals surface area contributed by atoms with Crippen molar-refractivity contribution in [3.05, 3.63) is 0 Å². The van der Waals surface area contributed by atoms with Crippen molar-refractivity contribution in [1.29, 1.82) is 0 Å². The summed E-state index contributed by atoms with van der Waals surface area (Å²) in [5, 5.41) is 12.6. The van der Waals surface area contributed by atoms with Gasteiger partial charge in [0.2, 0.25) is 0 Å². The van der Waals surface area contributed by atoms with Crippen LogP contribution >= 0.6 is 0 Å². The molecule has 14 heavy (non-hydrogen) atoms. The minimum atomic E-state index is 0.257. The maximum absolute atomic E-state index is 9.10. The smallest absolute Gasteiger partial charge is 0.0584 e. The zero-order valence-corrected chi connectivity index (χ0v) is 10.2. The first kappa shape index (κ1) is 13.9. The average molecular weight is 201 g/mol. The van der Waals surface area contributed by atoms with Crippen LogP contribution in [0, 0.1) is 5.92 Å². The molecule has 0 bridgehead atoms. The van der Waals surface area contributed by atoms with Gasteiger partial charge in [-0.15, -0.1) is 0 Å². The molecule has 0 fully saturated rings. The second-order valence-corrected chi connectivity index (χ2v) is 4.31. The summed E-state index contributed by atoms with van der Waals surface area (Å²) in [6.45, 7) is 9.12. The van der Waals surface area contributed by atoms with Gasteiger partial charge < -0.3 is 10.4 Å². The molecule has 0 aromatic carbocycles. The monoisotopic (exact) mass is 201 g/mol. The molecule has 0 aromatic heterocycles. The molecular weight excluding hydrogens is 174 g/mol. The van der Waals surface area contributed by atoms with E-state index in [2.05, 4.69) is 33.0 Å². The summed E-state index contributed by atoms with van der Waals surface area (Å²) in [5.74, 6) is 0.781. The number of nitrogens with one attached hydrogen (secondary N) is 1. The van der Waals surface area contributed by atoms with E-state index in [0.29, 0.717) is 6.04 Å². The minimum Gasteiger partial charge on any atom is -0.395 e. The van der Waals surface area contributed by atoms with Gasteiger partial charge in [-0.05, 0) is 25.2 Å². The average Bonchev–Trinajstić information content (AvgIpc) is 2.23. The number of hydrogen-bond acceptors (Lipinski definition) is 2. The van der Waals surface area contributed by atoms with Gasteiger partial charge in [0, 0.05) is 12.1 Å². The molecule has 0 unspecified atom stereocenters. The molecule has 2 nitrogen and oxygen atoms in total. The summed E-state index contributed by atoms with van der Waals surface area (Å²) < 4.78 is 0. The van der Waals surface area contributed by atoms with E-state index in [1.165, 1.54) is 12.8 Å². The molecule has 0 aromatic rings. The highest BCUT2D eigenvalue weighted by atomic mass is 16.3. The van der Waals surface area contributed by atoms with Gasteiger partial charge in [0.1, 0.15) is 0 Å². The number of aliphatic hydroxyl groups excluding tert-OH is 1. The van der Waals surface area contributed by atoms with Crippen LogP contribution in [0.25, 0.3) is 0 Å². The Hall–Kier alpha value is -0.0800. The fraction of sp³-hybridized carbons (Fsp3) is 1.00. The van der Waals surface area contributed by atoms with Crippen LogP contribution in [0.5, 0.6) is 0 Å². The Balaban J connectivity index is 3.88. The van der Waals surface area contributed by atoms with E-state index in [1.807, 2.05) is 0 Å². The van der Waals surface area contributed by atoms with Crippen molar-refractivity contribution in [3.8, 4) is 0 Å². The largest absolute Gasteiger partial charge is 0.395 e. The van der Waals surface area contributed by atoms with Gasteiger partial charge in [0.25, 0.3) is 0 Å². The molecule has 0 aliphatic heterocycles. The molecule has 2 heteroatoms. The van der Waals surface area contributed by atoms with Gasteiger partial charge in [-0.3, -0.25) is 0 Å². The molecular formula is C12H27NO. The lowest BCUT2D eigenvalue weighted by Crippen LogP contribution is -2.40. The zero-order chi connectivity index (χ0) is 11.0. The number of rotatable bonds is 8. The molecule has 2 N–H and O–H groups in total. The fourth-order valence-electron chi connectivity index (χ4n) is 1.64. The first-order valence-electron chi connectivity index (χ1n) is 6.04. The van der Waals surface area contributed by atoms with Crippen LogP contribution in [0.4, 0.5) is 0 Å². The van der Waals surface area contributed by atoms with Crippen molar-refractivity contribution in [1.82, 2.24) is 5.32 Å². The van der Waals surface area contributed by atoms with Crippen LogP contribution in [0.3, 0.4) is 0 Å². The van der Waals surface area contributed by atoms with Gasteiger partial charge in [-0.2, -0.15) is 0 Å². The second-order valence-electron chi connectivity index (χ2n) is 4.31. The lowest BCUT2D eigenvalue weighted by atomic mass is 9.97. The molecule has 0 amide bonds. The Morgan fingerprint density at radius 1 is 1.00 bits per heavy atom. The molecule has 86 valence electrons. The van der Waals surface area contributed by atoms with Crippen molar-refractivity contribution >= 4 is 0 Å². The Bertz CT molecular complexity index is 123. The normalized spacial score (nSPS) is 17.8. The summed E-state index contributed by atoms with van der Waals surface area (Å²) in [6.07, 6.45) is 4.63. The van der Waals surface area contributed by atoms with E-state index in [4.69, 9.17) is 5.11 Å². The Morgan fingerprint density at radius 2 is 1.57 bits per heavy atom. The Kier molecular flexibility index (Phi) is 8.20. The SMILES string of the molecule is CC[C@@H](C)C[C@@H](CC)N[C@@H](CC)CO. The summed E-state index contributed by atoms with van der Waals surface area (Å²) in [4.78, 5) is 0. The maximum Gasteiger partial charge on any atom is 0.0584 e. The molecule has 0 aliphatic rings. The number of hydrogen-bond donors (Lipinski definition) is 2.